The maximum absolute atomic E-state index is 13.3. The Labute approximate surface area is 115 Å². The van der Waals surface area contributed by atoms with Crippen LogP contribution in [-0.2, 0) is 4.79 Å². The van der Waals surface area contributed by atoms with Gasteiger partial charge >= 0.3 is 5.97 Å². The van der Waals surface area contributed by atoms with Gasteiger partial charge in [-0.25, -0.2) is 13.2 Å². The Kier molecular flexibility index (Phi) is 3.80. The molecule has 1 aromatic carbocycles. The summed E-state index contributed by atoms with van der Waals surface area (Å²) in [5.41, 5.74) is -0.529. The fourth-order valence-electron chi connectivity index (χ4n) is 2.96. The van der Waals surface area contributed by atoms with Crippen molar-refractivity contribution in [2.75, 3.05) is 0 Å². The summed E-state index contributed by atoms with van der Waals surface area (Å²) in [5, 5.41) is 9.53. The Bertz CT molecular complexity index is 486. The smallest absolute Gasteiger partial charge is 0.310 e. The maximum atomic E-state index is 13.3. The molecule has 2 nitrogen and oxygen atoms in total. The molecule has 1 N–H and O–H groups in total. The molecule has 1 atom stereocenters. The molecule has 0 heterocycles. The third-order valence-corrected chi connectivity index (χ3v) is 4.50. The van der Waals surface area contributed by atoms with E-state index in [4.69, 9.17) is 0 Å². The van der Waals surface area contributed by atoms with Gasteiger partial charge in [0.2, 0.25) is 5.92 Å². The van der Waals surface area contributed by atoms with Gasteiger partial charge in [-0.2, -0.15) is 0 Å². The number of carboxylic acids is 1. The number of carboxylic acid groups (broad SMARTS) is 1. The molecular formula is C15H17F3O2. The van der Waals surface area contributed by atoms with Gasteiger partial charge in [-0.1, -0.05) is 19.1 Å². The lowest BCUT2D eigenvalue weighted by molar-refractivity contribution is -0.158. The second kappa shape index (κ2) is 5.11. The highest BCUT2D eigenvalue weighted by Gasteiger charge is 2.51. The lowest BCUT2D eigenvalue weighted by atomic mass is 9.63. The van der Waals surface area contributed by atoms with Crippen molar-refractivity contribution in [3.05, 3.63) is 35.6 Å². The number of alkyl halides is 2. The second-order valence-electron chi connectivity index (χ2n) is 5.59. The van der Waals surface area contributed by atoms with E-state index in [0.29, 0.717) is 5.56 Å². The van der Waals surface area contributed by atoms with E-state index in [-0.39, 0.29) is 12.8 Å². The Morgan fingerprint density at radius 1 is 1.15 bits per heavy atom. The molecular weight excluding hydrogens is 269 g/mol. The normalized spacial score (nSPS) is 22.2. The Morgan fingerprint density at radius 3 is 2.10 bits per heavy atom. The van der Waals surface area contributed by atoms with E-state index in [1.165, 1.54) is 24.3 Å². The van der Waals surface area contributed by atoms with Gasteiger partial charge < -0.3 is 5.11 Å². The van der Waals surface area contributed by atoms with Crippen molar-refractivity contribution in [3.63, 3.8) is 0 Å². The Hall–Kier alpha value is -1.52. The van der Waals surface area contributed by atoms with Gasteiger partial charge in [0.05, 0.1) is 5.41 Å². The SMILES string of the molecule is CC(c1ccc(F)cc1)C1(C(=O)O)CCC(F)(F)CC1. The molecule has 0 aliphatic heterocycles. The van der Waals surface area contributed by atoms with Crippen molar-refractivity contribution in [2.24, 2.45) is 5.41 Å². The molecule has 20 heavy (non-hydrogen) atoms. The van der Waals surface area contributed by atoms with E-state index >= 15 is 0 Å². The van der Waals surface area contributed by atoms with Gasteiger partial charge in [-0.15, -0.1) is 0 Å². The lowest BCUT2D eigenvalue weighted by Crippen LogP contribution is -2.42. The van der Waals surface area contributed by atoms with E-state index in [9.17, 15) is 23.1 Å². The van der Waals surface area contributed by atoms with Crippen LogP contribution < -0.4 is 0 Å². The molecule has 0 aromatic heterocycles. The third kappa shape index (κ3) is 2.67. The molecule has 1 aromatic rings. The molecule has 1 fully saturated rings. The molecule has 5 heteroatoms. The summed E-state index contributed by atoms with van der Waals surface area (Å²) < 4.78 is 39.5. The molecule has 0 amide bonds. The largest absolute Gasteiger partial charge is 0.481 e. The molecule has 0 saturated heterocycles. The van der Waals surface area contributed by atoms with Crippen LogP contribution in [0.3, 0.4) is 0 Å². The monoisotopic (exact) mass is 286 g/mol. The van der Waals surface area contributed by atoms with Crippen molar-refractivity contribution >= 4 is 5.97 Å². The summed E-state index contributed by atoms with van der Waals surface area (Å²) in [6, 6.07) is 5.58. The number of hydrogen-bond donors (Lipinski definition) is 1. The van der Waals surface area contributed by atoms with E-state index < -0.39 is 41.9 Å². The molecule has 0 bridgehead atoms. The van der Waals surface area contributed by atoms with Crippen LogP contribution in [-0.4, -0.2) is 17.0 Å². The number of benzene rings is 1. The van der Waals surface area contributed by atoms with Gasteiger partial charge in [-0.3, -0.25) is 4.79 Å². The first-order valence-corrected chi connectivity index (χ1v) is 6.63. The average Bonchev–Trinajstić information content (AvgIpc) is 2.39. The minimum absolute atomic E-state index is 0.0616. The Morgan fingerprint density at radius 2 is 1.65 bits per heavy atom. The number of halogens is 3. The van der Waals surface area contributed by atoms with E-state index in [1.54, 1.807) is 6.92 Å². The zero-order valence-corrected chi connectivity index (χ0v) is 11.2. The van der Waals surface area contributed by atoms with Gasteiger partial charge in [0.25, 0.3) is 0 Å². The van der Waals surface area contributed by atoms with Crippen molar-refractivity contribution < 1.29 is 23.1 Å². The quantitative estimate of drug-likeness (QED) is 0.903. The van der Waals surface area contributed by atoms with Crippen LogP contribution in [0, 0.1) is 11.2 Å². The number of carbonyl (C=O) groups is 1. The molecule has 1 saturated carbocycles. The van der Waals surface area contributed by atoms with Gasteiger partial charge in [0.15, 0.2) is 0 Å². The molecule has 0 spiro atoms. The molecule has 1 aliphatic rings. The highest BCUT2D eigenvalue weighted by atomic mass is 19.3. The van der Waals surface area contributed by atoms with E-state index in [2.05, 4.69) is 0 Å². The second-order valence-corrected chi connectivity index (χ2v) is 5.59. The average molecular weight is 286 g/mol. The minimum atomic E-state index is -2.78. The topological polar surface area (TPSA) is 37.3 Å². The van der Waals surface area contributed by atoms with Crippen molar-refractivity contribution in [2.45, 2.75) is 44.4 Å². The predicted octanol–water partition coefficient (Wildman–Crippen LogP) is 4.21. The van der Waals surface area contributed by atoms with Crippen LogP contribution in [0.4, 0.5) is 13.2 Å². The van der Waals surface area contributed by atoms with Crippen LogP contribution in [0.15, 0.2) is 24.3 Å². The first-order chi connectivity index (χ1) is 9.27. The summed E-state index contributed by atoms with van der Waals surface area (Å²) in [6.07, 6.45) is -0.947. The van der Waals surface area contributed by atoms with Crippen LogP contribution in [0.25, 0.3) is 0 Å². The molecule has 0 radical (unpaired) electrons. The summed E-state index contributed by atoms with van der Waals surface area (Å²) in [7, 11) is 0. The summed E-state index contributed by atoms with van der Waals surface area (Å²) in [6.45, 7) is 1.71. The van der Waals surface area contributed by atoms with Crippen molar-refractivity contribution in [3.8, 4) is 0 Å². The molecule has 1 aliphatic carbocycles. The number of rotatable bonds is 3. The Balaban J connectivity index is 2.29. The van der Waals surface area contributed by atoms with E-state index in [1.807, 2.05) is 0 Å². The predicted molar refractivity (Wildman–Crippen MR) is 68.3 cm³/mol. The van der Waals surface area contributed by atoms with Gasteiger partial charge in [-0.05, 0) is 36.5 Å². The van der Waals surface area contributed by atoms with Gasteiger partial charge in [0, 0.05) is 12.8 Å². The van der Waals surface area contributed by atoms with E-state index in [0.717, 1.165) is 0 Å². The van der Waals surface area contributed by atoms with Crippen molar-refractivity contribution in [1.82, 2.24) is 0 Å². The first-order valence-electron chi connectivity index (χ1n) is 6.63. The summed E-state index contributed by atoms with van der Waals surface area (Å²) in [5.74, 6) is -4.66. The fraction of sp³-hybridized carbons (Fsp3) is 0.533. The number of hydrogen-bond acceptors (Lipinski definition) is 1. The first kappa shape index (κ1) is 14.9. The third-order valence-electron chi connectivity index (χ3n) is 4.50. The summed E-state index contributed by atoms with van der Waals surface area (Å²) >= 11 is 0. The molecule has 2 rings (SSSR count). The summed E-state index contributed by atoms with van der Waals surface area (Å²) in [4.78, 5) is 11.7. The van der Waals surface area contributed by atoms with Crippen LogP contribution in [0.2, 0.25) is 0 Å². The fourth-order valence-corrected chi connectivity index (χ4v) is 2.96. The minimum Gasteiger partial charge on any atom is -0.481 e. The van der Waals surface area contributed by atoms with Crippen LogP contribution >= 0.6 is 0 Å². The number of aliphatic carboxylic acids is 1. The van der Waals surface area contributed by atoms with Gasteiger partial charge in [0.1, 0.15) is 5.82 Å². The highest BCUT2D eigenvalue weighted by molar-refractivity contribution is 5.76. The maximum Gasteiger partial charge on any atom is 0.310 e. The zero-order chi connectivity index (χ0) is 15.0. The molecule has 110 valence electrons. The van der Waals surface area contributed by atoms with Crippen LogP contribution in [0.5, 0.6) is 0 Å². The molecule has 1 unspecified atom stereocenters. The van der Waals surface area contributed by atoms with Crippen molar-refractivity contribution in [1.29, 1.82) is 0 Å². The van der Waals surface area contributed by atoms with Crippen LogP contribution in [0.1, 0.15) is 44.1 Å². The zero-order valence-electron chi connectivity index (χ0n) is 11.2. The lowest BCUT2D eigenvalue weighted by Gasteiger charge is -2.41. The highest BCUT2D eigenvalue weighted by Crippen LogP contribution is 2.51. The standard InChI is InChI=1S/C15H17F3O2/c1-10(11-2-4-12(16)5-3-11)14(13(19)20)6-8-15(17,18)9-7-14/h2-5,10H,6-9H2,1H3,(H,19,20).